The van der Waals surface area contributed by atoms with Gasteiger partial charge in [-0.15, -0.1) is 11.3 Å². The average Bonchev–Trinajstić information content (AvgIpc) is 3.32. The van der Waals surface area contributed by atoms with Gasteiger partial charge in [0.15, 0.2) is 0 Å². The van der Waals surface area contributed by atoms with E-state index < -0.39 is 0 Å². The monoisotopic (exact) mass is 406 g/mol. The number of hydrogen-bond acceptors (Lipinski definition) is 6. The summed E-state index contributed by atoms with van der Waals surface area (Å²) in [5.74, 6) is -0.731. The van der Waals surface area contributed by atoms with Crippen molar-refractivity contribution in [1.82, 2.24) is 20.2 Å². The zero-order valence-corrected chi connectivity index (χ0v) is 16.3. The van der Waals surface area contributed by atoms with E-state index in [1.54, 1.807) is 36.7 Å². The molecule has 8 heteroatoms. The summed E-state index contributed by atoms with van der Waals surface area (Å²) in [5, 5.41) is 5.59. The topological polar surface area (TPSA) is 92.3 Å². The zero-order chi connectivity index (χ0) is 20.2. The Bertz CT molecular complexity index is 1030. The molecule has 0 bridgehead atoms. The van der Waals surface area contributed by atoms with E-state index in [-0.39, 0.29) is 30.7 Å². The number of thiazole rings is 1. The van der Waals surface area contributed by atoms with Gasteiger partial charge in [-0.3, -0.25) is 24.3 Å². The molecule has 0 atom stereocenters. The molecule has 3 amide bonds. The lowest BCUT2D eigenvalue weighted by Gasteiger charge is -2.13. The van der Waals surface area contributed by atoms with Crippen LogP contribution in [-0.2, 0) is 11.3 Å². The zero-order valence-electron chi connectivity index (χ0n) is 15.5. The summed E-state index contributed by atoms with van der Waals surface area (Å²) in [7, 11) is 0. The molecule has 1 aliphatic heterocycles. The molecule has 1 N–H and O–H groups in total. The first kappa shape index (κ1) is 18.9. The van der Waals surface area contributed by atoms with Crippen molar-refractivity contribution in [3.05, 3.63) is 71.0 Å². The fourth-order valence-electron chi connectivity index (χ4n) is 3.13. The largest absolute Gasteiger partial charge is 0.350 e. The van der Waals surface area contributed by atoms with Gasteiger partial charge in [0, 0.05) is 36.3 Å². The summed E-state index contributed by atoms with van der Waals surface area (Å²) < 4.78 is 0. The number of amides is 3. The number of benzene rings is 1. The highest BCUT2D eigenvalue weighted by Crippen LogP contribution is 2.23. The Kier molecular flexibility index (Phi) is 5.44. The average molecular weight is 406 g/mol. The van der Waals surface area contributed by atoms with E-state index in [2.05, 4.69) is 15.3 Å². The molecule has 0 aliphatic carbocycles. The van der Waals surface area contributed by atoms with Gasteiger partial charge in [0.2, 0.25) is 5.91 Å². The summed E-state index contributed by atoms with van der Waals surface area (Å²) >= 11 is 1.50. The van der Waals surface area contributed by atoms with Crippen LogP contribution in [-0.4, -0.2) is 39.1 Å². The molecule has 0 spiro atoms. The fourth-order valence-corrected chi connectivity index (χ4v) is 3.94. The minimum Gasteiger partial charge on any atom is -0.350 e. The van der Waals surface area contributed by atoms with Gasteiger partial charge in [0.25, 0.3) is 11.8 Å². The molecule has 2 aromatic heterocycles. The van der Waals surface area contributed by atoms with Crippen molar-refractivity contribution in [2.45, 2.75) is 19.4 Å². The van der Waals surface area contributed by atoms with Crippen molar-refractivity contribution < 1.29 is 14.4 Å². The third-order valence-corrected chi connectivity index (χ3v) is 5.53. The highest BCUT2D eigenvalue weighted by molar-refractivity contribution is 7.13. The Balaban J connectivity index is 1.24. The lowest BCUT2D eigenvalue weighted by Crippen LogP contribution is -2.32. The predicted octanol–water partition coefficient (Wildman–Crippen LogP) is 2.90. The molecular formula is C21H18N4O3S. The first-order valence-electron chi connectivity index (χ1n) is 9.20. The molecule has 3 aromatic rings. The number of imide groups is 1. The maximum absolute atomic E-state index is 12.3. The van der Waals surface area contributed by atoms with E-state index >= 15 is 0 Å². The van der Waals surface area contributed by atoms with Gasteiger partial charge in [0.1, 0.15) is 5.01 Å². The fraction of sp³-hybridized carbons (Fsp3) is 0.190. The molecule has 4 rings (SSSR count). The maximum atomic E-state index is 12.3. The maximum Gasteiger partial charge on any atom is 0.261 e. The van der Waals surface area contributed by atoms with Gasteiger partial charge in [-0.25, -0.2) is 4.98 Å². The Morgan fingerprint density at radius 1 is 1.07 bits per heavy atom. The van der Waals surface area contributed by atoms with Gasteiger partial charge in [-0.05, 0) is 30.7 Å². The normalized spacial score (nSPS) is 12.9. The predicted molar refractivity (Wildman–Crippen MR) is 108 cm³/mol. The molecule has 0 fully saturated rings. The van der Waals surface area contributed by atoms with Crippen molar-refractivity contribution in [3.63, 3.8) is 0 Å². The molecule has 0 saturated carbocycles. The molecule has 0 unspecified atom stereocenters. The van der Waals surface area contributed by atoms with E-state index in [9.17, 15) is 14.4 Å². The third-order valence-electron chi connectivity index (χ3n) is 4.59. The van der Waals surface area contributed by atoms with Crippen molar-refractivity contribution >= 4 is 29.1 Å². The SMILES string of the molecule is O=C(CCCN1C(=O)c2ccccc2C1=O)NCc1csc(-c2cccnc2)n1. The third kappa shape index (κ3) is 4.07. The van der Waals surface area contributed by atoms with E-state index in [0.29, 0.717) is 24.1 Å². The number of carbonyl (C=O) groups excluding carboxylic acids is 3. The second kappa shape index (κ2) is 8.32. The van der Waals surface area contributed by atoms with Crippen molar-refractivity contribution in [3.8, 4) is 10.6 Å². The summed E-state index contributed by atoms with van der Waals surface area (Å²) in [6.45, 7) is 0.560. The minimum absolute atomic E-state index is 0.141. The second-order valence-corrected chi connectivity index (χ2v) is 7.43. The lowest BCUT2D eigenvalue weighted by atomic mass is 10.1. The molecule has 0 radical (unpaired) electrons. The molecule has 1 aliphatic rings. The van der Waals surface area contributed by atoms with Crippen LogP contribution in [0.25, 0.3) is 10.6 Å². The van der Waals surface area contributed by atoms with Crippen molar-refractivity contribution in [1.29, 1.82) is 0 Å². The first-order chi connectivity index (χ1) is 14.1. The molecule has 29 heavy (non-hydrogen) atoms. The molecule has 3 heterocycles. The number of aromatic nitrogens is 2. The van der Waals surface area contributed by atoms with Crippen LogP contribution in [0.3, 0.4) is 0 Å². The van der Waals surface area contributed by atoms with Gasteiger partial charge in [-0.1, -0.05) is 12.1 Å². The van der Waals surface area contributed by atoms with E-state index in [4.69, 9.17) is 0 Å². The highest BCUT2D eigenvalue weighted by atomic mass is 32.1. The van der Waals surface area contributed by atoms with E-state index in [0.717, 1.165) is 16.3 Å². The van der Waals surface area contributed by atoms with Crippen LogP contribution in [0.4, 0.5) is 0 Å². The standard InChI is InChI=1S/C21H18N4O3S/c26-18(23-12-15-13-29-19(24-15)14-5-3-9-22-11-14)8-4-10-25-20(27)16-6-1-2-7-17(16)21(25)28/h1-3,5-7,9,11,13H,4,8,10,12H2,(H,23,26). The summed E-state index contributed by atoms with van der Waals surface area (Å²) in [6.07, 6.45) is 4.10. The first-order valence-corrected chi connectivity index (χ1v) is 10.1. The van der Waals surface area contributed by atoms with Crippen LogP contribution in [0, 0.1) is 0 Å². The quantitative estimate of drug-likeness (QED) is 0.609. The summed E-state index contributed by atoms with van der Waals surface area (Å²) in [4.78, 5) is 46.5. The molecule has 146 valence electrons. The van der Waals surface area contributed by atoms with E-state index in [1.807, 2.05) is 17.5 Å². The Labute approximate surface area is 171 Å². The Hall–Kier alpha value is -3.39. The second-order valence-electron chi connectivity index (χ2n) is 6.57. The van der Waals surface area contributed by atoms with Crippen LogP contribution in [0.5, 0.6) is 0 Å². The lowest BCUT2D eigenvalue weighted by molar-refractivity contribution is -0.121. The number of fused-ring (bicyclic) bond motifs is 1. The number of pyridine rings is 1. The minimum atomic E-state index is -0.295. The molecule has 7 nitrogen and oxygen atoms in total. The van der Waals surface area contributed by atoms with Crippen LogP contribution in [0.15, 0.2) is 54.2 Å². The number of carbonyl (C=O) groups is 3. The van der Waals surface area contributed by atoms with Gasteiger partial charge in [-0.2, -0.15) is 0 Å². The van der Waals surface area contributed by atoms with Crippen LogP contribution in [0.2, 0.25) is 0 Å². The molecular weight excluding hydrogens is 388 g/mol. The number of rotatable bonds is 7. The van der Waals surface area contributed by atoms with E-state index in [1.165, 1.54) is 16.2 Å². The smallest absolute Gasteiger partial charge is 0.261 e. The van der Waals surface area contributed by atoms with Crippen LogP contribution < -0.4 is 5.32 Å². The van der Waals surface area contributed by atoms with Gasteiger partial charge in [0.05, 0.1) is 23.4 Å². The molecule has 1 aromatic carbocycles. The Morgan fingerprint density at radius 3 is 2.52 bits per heavy atom. The number of hydrogen-bond donors (Lipinski definition) is 1. The van der Waals surface area contributed by atoms with Crippen LogP contribution >= 0.6 is 11.3 Å². The number of nitrogens with zero attached hydrogens (tertiary/aromatic N) is 3. The molecule has 0 saturated heterocycles. The van der Waals surface area contributed by atoms with Crippen molar-refractivity contribution in [2.24, 2.45) is 0 Å². The van der Waals surface area contributed by atoms with Gasteiger partial charge >= 0.3 is 0 Å². The summed E-state index contributed by atoms with van der Waals surface area (Å²) in [6, 6.07) is 10.6. The summed E-state index contributed by atoms with van der Waals surface area (Å²) in [5.41, 5.74) is 2.57. The number of nitrogens with one attached hydrogen (secondary N) is 1. The van der Waals surface area contributed by atoms with Gasteiger partial charge < -0.3 is 5.32 Å². The van der Waals surface area contributed by atoms with Crippen molar-refractivity contribution in [2.75, 3.05) is 6.54 Å². The highest BCUT2D eigenvalue weighted by Gasteiger charge is 2.34. The van der Waals surface area contributed by atoms with Crippen LogP contribution in [0.1, 0.15) is 39.3 Å². The Morgan fingerprint density at radius 2 is 1.83 bits per heavy atom.